The summed E-state index contributed by atoms with van der Waals surface area (Å²) in [7, 11) is 0. The predicted octanol–water partition coefficient (Wildman–Crippen LogP) is 3.66. The first-order valence-corrected chi connectivity index (χ1v) is 10.1. The summed E-state index contributed by atoms with van der Waals surface area (Å²) < 4.78 is 11.1. The zero-order valence-electron chi connectivity index (χ0n) is 15.7. The number of aliphatic hydroxyl groups is 1. The minimum absolute atomic E-state index is 0.126. The van der Waals surface area contributed by atoms with Crippen molar-refractivity contribution < 1.29 is 24.2 Å². The lowest BCUT2D eigenvalue weighted by molar-refractivity contribution is -0.139. The van der Waals surface area contributed by atoms with Crippen molar-refractivity contribution >= 4 is 28.8 Å². The number of Topliss-reactive ketones (excluding diaryl/α,β-unsaturated/α-hetero) is 1. The molecule has 2 aliphatic heterocycles. The van der Waals surface area contributed by atoms with Gasteiger partial charge in [0.25, 0.3) is 11.7 Å². The molecule has 146 valence electrons. The van der Waals surface area contributed by atoms with E-state index in [2.05, 4.69) is 0 Å². The number of nitrogens with zero attached hydrogens (tertiary/aromatic N) is 1. The van der Waals surface area contributed by atoms with Gasteiger partial charge in [-0.3, -0.25) is 9.59 Å². The lowest BCUT2D eigenvalue weighted by atomic mass is 9.98. The van der Waals surface area contributed by atoms with Gasteiger partial charge in [-0.25, -0.2) is 0 Å². The number of hydrogen-bond acceptors (Lipinski definition) is 6. The molecule has 1 fully saturated rings. The van der Waals surface area contributed by atoms with Crippen molar-refractivity contribution in [3.63, 3.8) is 0 Å². The quantitative estimate of drug-likeness (QED) is 0.482. The Kier molecular flexibility index (Phi) is 4.85. The molecule has 0 saturated carbocycles. The maximum atomic E-state index is 12.9. The Balaban J connectivity index is 1.86. The molecule has 28 heavy (non-hydrogen) atoms. The highest BCUT2D eigenvalue weighted by Gasteiger charge is 2.46. The number of amides is 1. The number of rotatable bonds is 4. The van der Waals surface area contributed by atoms with E-state index in [0.29, 0.717) is 36.8 Å². The van der Waals surface area contributed by atoms with Gasteiger partial charge < -0.3 is 19.5 Å². The summed E-state index contributed by atoms with van der Waals surface area (Å²) in [6, 6.07) is 6.41. The molecule has 1 atom stereocenters. The first-order chi connectivity index (χ1) is 13.5. The number of ether oxygens (including phenoxy) is 2. The number of likely N-dealkylation sites (tertiary alicyclic amines) is 1. The van der Waals surface area contributed by atoms with Crippen LogP contribution in [0.2, 0.25) is 0 Å². The van der Waals surface area contributed by atoms with E-state index in [1.165, 1.54) is 11.3 Å². The first-order valence-electron chi connectivity index (χ1n) is 9.25. The third-order valence-corrected chi connectivity index (χ3v) is 6.04. The number of hydrogen-bond donors (Lipinski definition) is 1. The Morgan fingerprint density at radius 2 is 1.96 bits per heavy atom. The maximum Gasteiger partial charge on any atom is 0.295 e. The molecule has 0 aliphatic carbocycles. The Bertz CT molecular complexity index is 977. The minimum Gasteiger partial charge on any atom is -0.507 e. The number of fused-ring (bicyclic) bond motifs is 1. The Hall–Kier alpha value is -2.80. The van der Waals surface area contributed by atoms with Gasteiger partial charge in [-0.1, -0.05) is 6.92 Å². The van der Waals surface area contributed by atoms with Gasteiger partial charge in [0, 0.05) is 17.0 Å². The third-order valence-electron chi connectivity index (χ3n) is 4.97. The summed E-state index contributed by atoms with van der Waals surface area (Å²) in [6.45, 7) is 5.25. The Morgan fingerprint density at radius 1 is 1.21 bits per heavy atom. The second-order valence-corrected chi connectivity index (χ2v) is 7.77. The van der Waals surface area contributed by atoms with Gasteiger partial charge in [0.1, 0.15) is 19.0 Å². The fraction of sp³-hybridized carbons (Fsp3) is 0.333. The number of benzene rings is 1. The van der Waals surface area contributed by atoms with E-state index in [9.17, 15) is 14.7 Å². The highest BCUT2D eigenvalue weighted by Crippen LogP contribution is 2.43. The second-order valence-electron chi connectivity index (χ2n) is 6.82. The van der Waals surface area contributed by atoms with Crippen molar-refractivity contribution in [2.75, 3.05) is 19.8 Å². The molecule has 1 saturated heterocycles. The van der Waals surface area contributed by atoms with E-state index < -0.39 is 17.7 Å². The molecule has 2 aromatic rings. The number of aryl methyl sites for hydroxylation is 1. The number of carbonyl (C=O) groups is 2. The average Bonchev–Trinajstić information content (AvgIpc) is 3.23. The van der Waals surface area contributed by atoms with Gasteiger partial charge in [0.15, 0.2) is 11.5 Å². The van der Waals surface area contributed by atoms with Crippen molar-refractivity contribution in [2.45, 2.75) is 26.3 Å². The summed E-state index contributed by atoms with van der Waals surface area (Å²) >= 11 is 1.48. The molecule has 1 unspecified atom stereocenters. The molecule has 3 heterocycles. The van der Waals surface area contributed by atoms with Gasteiger partial charge in [-0.2, -0.15) is 0 Å². The highest BCUT2D eigenvalue weighted by molar-refractivity contribution is 7.10. The van der Waals surface area contributed by atoms with E-state index >= 15 is 0 Å². The number of carbonyl (C=O) groups excluding carboxylic acids is 2. The summed E-state index contributed by atoms with van der Waals surface area (Å²) in [5.41, 5.74) is 1.55. The molecule has 7 heteroatoms. The molecule has 1 amide bonds. The van der Waals surface area contributed by atoms with Crippen LogP contribution in [0, 0.1) is 6.92 Å². The Labute approximate surface area is 167 Å². The van der Waals surface area contributed by atoms with Crippen LogP contribution in [0.5, 0.6) is 11.5 Å². The summed E-state index contributed by atoms with van der Waals surface area (Å²) in [5, 5.41) is 13.0. The fourth-order valence-corrected chi connectivity index (χ4v) is 4.68. The number of aliphatic hydroxyl groups excluding tert-OH is 1. The molecular weight excluding hydrogens is 378 g/mol. The van der Waals surface area contributed by atoms with E-state index in [1.807, 2.05) is 25.3 Å². The van der Waals surface area contributed by atoms with Crippen LogP contribution in [0.15, 0.2) is 35.2 Å². The third kappa shape index (κ3) is 2.96. The van der Waals surface area contributed by atoms with Crippen LogP contribution in [0.1, 0.15) is 35.4 Å². The van der Waals surface area contributed by atoms with E-state index in [-0.39, 0.29) is 11.3 Å². The smallest absolute Gasteiger partial charge is 0.295 e. The number of ketones is 1. The average molecular weight is 399 g/mol. The lowest BCUT2D eigenvalue weighted by Gasteiger charge is -2.24. The molecule has 1 N–H and O–H groups in total. The van der Waals surface area contributed by atoms with E-state index in [1.54, 1.807) is 23.1 Å². The van der Waals surface area contributed by atoms with Crippen molar-refractivity contribution in [2.24, 2.45) is 0 Å². The van der Waals surface area contributed by atoms with Crippen LogP contribution in [0.25, 0.3) is 5.76 Å². The Morgan fingerprint density at radius 3 is 2.64 bits per heavy atom. The van der Waals surface area contributed by atoms with E-state index in [4.69, 9.17) is 9.47 Å². The fourth-order valence-electron chi connectivity index (χ4n) is 3.63. The molecular formula is C21H21NO5S. The van der Waals surface area contributed by atoms with Crippen LogP contribution in [-0.2, 0) is 9.59 Å². The maximum absolute atomic E-state index is 12.9. The molecule has 4 rings (SSSR count). The summed E-state index contributed by atoms with van der Waals surface area (Å²) in [6.07, 6.45) is 0.720. The van der Waals surface area contributed by atoms with Crippen LogP contribution in [0.4, 0.5) is 0 Å². The van der Waals surface area contributed by atoms with Crippen LogP contribution >= 0.6 is 11.3 Å². The largest absolute Gasteiger partial charge is 0.507 e. The van der Waals surface area contributed by atoms with E-state index in [0.717, 1.165) is 16.9 Å². The van der Waals surface area contributed by atoms with Crippen molar-refractivity contribution in [1.82, 2.24) is 4.90 Å². The van der Waals surface area contributed by atoms with Gasteiger partial charge in [-0.15, -0.1) is 11.3 Å². The van der Waals surface area contributed by atoms with Crippen molar-refractivity contribution in [3.8, 4) is 11.5 Å². The van der Waals surface area contributed by atoms with Crippen LogP contribution in [-0.4, -0.2) is 41.5 Å². The monoisotopic (exact) mass is 399 g/mol. The summed E-state index contributed by atoms with van der Waals surface area (Å²) in [5.74, 6) is -0.300. The standard InChI is InChI=1S/C21H21NO5S/c1-3-7-22-17(20-12(2)6-10-28-20)16(19(24)21(22)25)18(23)13-4-5-14-15(11-13)27-9-8-26-14/h4-6,10-11,17,23H,3,7-9H2,1-2H3/b18-16-. The molecule has 2 aliphatic rings. The summed E-state index contributed by atoms with van der Waals surface area (Å²) in [4.78, 5) is 28.0. The zero-order chi connectivity index (χ0) is 19.8. The molecule has 6 nitrogen and oxygen atoms in total. The topological polar surface area (TPSA) is 76.1 Å². The van der Waals surface area contributed by atoms with Crippen LogP contribution < -0.4 is 9.47 Å². The van der Waals surface area contributed by atoms with Crippen LogP contribution in [0.3, 0.4) is 0 Å². The normalized spacial score (nSPS) is 20.6. The van der Waals surface area contributed by atoms with Gasteiger partial charge >= 0.3 is 0 Å². The second kappa shape index (κ2) is 7.31. The first kappa shape index (κ1) is 18.6. The van der Waals surface area contributed by atoms with Gasteiger partial charge in [0.05, 0.1) is 11.6 Å². The zero-order valence-corrected chi connectivity index (χ0v) is 16.5. The predicted molar refractivity (Wildman–Crippen MR) is 106 cm³/mol. The molecule has 1 aromatic heterocycles. The molecule has 0 bridgehead atoms. The SMILES string of the molecule is CCCN1C(=O)C(=O)/C(=C(\O)c2ccc3c(c2)OCCO3)C1c1sccc1C. The molecule has 0 spiro atoms. The van der Waals surface area contributed by atoms with Gasteiger partial charge in [-0.05, 0) is 48.6 Å². The van der Waals surface area contributed by atoms with Crippen molar-refractivity contribution in [1.29, 1.82) is 0 Å². The minimum atomic E-state index is -0.654. The molecule has 1 aromatic carbocycles. The highest BCUT2D eigenvalue weighted by atomic mass is 32.1. The number of thiophene rings is 1. The lowest BCUT2D eigenvalue weighted by Crippen LogP contribution is -2.30. The molecule has 0 radical (unpaired) electrons. The van der Waals surface area contributed by atoms with Crippen molar-refractivity contribution in [3.05, 3.63) is 51.2 Å². The van der Waals surface area contributed by atoms with Gasteiger partial charge in [0.2, 0.25) is 0 Å².